The fourth-order valence-corrected chi connectivity index (χ4v) is 1.83. The fraction of sp³-hybridized carbons (Fsp3) is 0.467. The highest BCUT2D eigenvalue weighted by Crippen LogP contribution is 2.07. The number of amides is 2. The first-order valence-corrected chi connectivity index (χ1v) is 6.78. The molecule has 1 atom stereocenters. The second-order valence-corrected chi connectivity index (χ2v) is 5.00. The van der Waals surface area contributed by atoms with Gasteiger partial charge in [-0.05, 0) is 24.1 Å². The zero-order valence-electron chi connectivity index (χ0n) is 12.8. The molecule has 0 saturated heterocycles. The van der Waals surface area contributed by atoms with Crippen molar-refractivity contribution in [3.8, 4) is 0 Å². The molecule has 2 amide bonds. The highest BCUT2D eigenvalue weighted by atomic mass is 16.5. The second kappa shape index (κ2) is 8.39. The summed E-state index contributed by atoms with van der Waals surface area (Å²) >= 11 is 0. The number of nitrogens with two attached hydrogens (primary N) is 1. The van der Waals surface area contributed by atoms with E-state index < -0.39 is 6.04 Å². The Morgan fingerprint density at radius 3 is 2.71 bits per heavy atom. The lowest BCUT2D eigenvalue weighted by Gasteiger charge is -2.12. The fourth-order valence-electron chi connectivity index (χ4n) is 1.83. The van der Waals surface area contributed by atoms with Gasteiger partial charge in [0.15, 0.2) is 0 Å². The van der Waals surface area contributed by atoms with Crippen LogP contribution in [-0.4, -0.2) is 57.1 Å². The number of nitrogens with one attached hydrogen (secondary N) is 1. The van der Waals surface area contributed by atoms with Crippen LogP contribution in [0.25, 0.3) is 0 Å². The number of benzene rings is 1. The van der Waals surface area contributed by atoms with Crippen molar-refractivity contribution in [1.29, 1.82) is 0 Å². The Hall–Kier alpha value is -1.92. The number of methoxy groups -OCH3 is 1. The van der Waals surface area contributed by atoms with Crippen LogP contribution in [0, 0.1) is 0 Å². The van der Waals surface area contributed by atoms with Crippen molar-refractivity contribution in [1.82, 2.24) is 10.2 Å². The largest absolute Gasteiger partial charge is 0.383 e. The third-order valence-electron chi connectivity index (χ3n) is 2.98. The third kappa shape index (κ3) is 5.53. The Balaban J connectivity index is 2.51. The summed E-state index contributed by atoms with van der Waals surface area (Å²) in [5.41, 5.74) is 7.25. The molecule has 0 radical (unpaired) electrons. The molecule has 0 aliphatic heterocycles. The molecule has 0 aliphatic rings. The van der Waals surface area contributed by atoms with Crippen molar-refractivity contribution in [2.45, 2.75) is 12.5 Å². The van der Waals surface area contributed by atoms with E-state index in [4.69, 9.17) is 10.5 Å². The normalized spacial score (nSPS) is 11.8. The molecule has 0 bridgehead atoms. The Kier molecular flexibility index (Phi) is 6.84. The number of carbonyl (C=O) groups excluding carboxylic acids is 2. The number of hydrogen-bond acceptors (Lipinski definition) is 4. The SMILES string of the molecule is COCC(N)C(=O)NCCc1cccc(C(=O)N(C)C)c1. The Bertz CT molecular complexity index is 489. The summed E-state index contributed by atoms with van der Waals surface area (Å²) in [6.07, 6.45) is 0.639. The zero-order valence-corrected chi connectivity index (χ0v) is 12.8. The number of hydrogen-bond donors (Lipinski definition) is 2. The summed E-state index contributed by atoms with van der Waals surface area (Å²) in [5, 5.41) is 2.75. The lowest BCUT2D eigenvalue weighted by molar-refractivity contribution is -0.123. The minimum absolute atomic E-state index is 0.0389. The summed E-state index contributed by atoms with van der Waals surface area (Å²) in [4.78, 5) is 25.0. The van der Waals surface area contributed by atoms with Gasteiger partial charge in [-0.1, -0.05) is 12.1 Å². The summed E-state index contributed by atoms with van der Waals surface area (Å²) < 4.78 is 4.83. The average Bonchev–Trinajstić information content (AvgIpc) is 2.46. The van der Waals surface area contributed by atoms with Crippen LogP contribution in [0.2, 0.25) is 0 Å². The Morgan fingerprint density at radius 1 is 1.38 bits per heavy atom. The lowest BCUT2D eigenvalue weighted by atomic mass is 10.1. The van der Waals surface area contributed by atoms with Gasteiger partial charge in [0, 0.05) is 33.3 Å². The first-order valence-electron chi connectivity index (χ1n) is 6.78. The monoisotopic (exact) mass is 293 g/mol. The van der Waals surface area contributed by atoms with Gasteiger partial charge in [-0.3, -0.25) is 9.59 Å². The highest BCUT2D eigenvalue weighted by Gasteiger charge is 2.12. The molecule has 21 heavy (non-hydrogen) atoms. The first kappa shape index (κ1) is 17.1. The van der Waals surface area contributed by atoms with Gasteiger partial charge in [-0.15, -0.1) is 0 Å². The molecule has 0 heterocycles. The minimum Gasteiger partial charge on any atom is -0.383 e. The van der Waals surface area contributed by atoms with Gasteiger partial charge in [0.25, 0.3) is 5.91 Å². The van der Waals surface area contributed by atoms with Crippen LogP contribution in [0.15, 0.2) is 24.3 Å². The molecule has 0 fully saturated rings. The van der Waals surface area contributed by atoms with Crippen molar-refractivity contribution in [2.75, 3.05) is 34.4 Å². The molecule has 6 nitrogen and oxygen atoms in total. The molecule has 6 heteroatoms. The van der Waals surface area contributed by atoms with E-state index in [9.17, 15) is 9.59 Å². The van der Waals surface area contributed by atoms with E-state index in [1.54, 1.807) is 20.2 Å². The molecular weight excluding hydrogens is 270 g/mol. The van der Waals surface area contributed by atoms with Gasteiger partial charge < -0.3 is 20.7 Å². The van der Waals surface area contributed by atoms with E-state index in [-0.39, 0.29) is 18.4 Å². The standard InChI is InChI=1S/C15H23N3O3/c1-18(2)15(20)12-6-4-5-11(9-12)7-8-17-14(19)13(16)10-21-3/h4-6,9,13H,7-8,10,16H2,1-3H3,(H,17,19). The molecule has 0 spiro atoms. The lowest BCUT2D eigenvalue weighted by Crippen LogP contribution is -2.44. The molecule has 0 saturated carbocycles. The number of ether oxygens (including phenoxy) is 1. The smallest absolute Gasteiger partial charge is 0.253 e. The Labute approximate surface area is 125 Å². The molecule has 3 N–H and O–H groups in total. The van der Waals surface area contributed by atoms with Crippen LogP contribution >= 0.6 is 0 Å². The first-order chi connectivity index (χ1) is 9.95. The topological polar surface area (TPSA) is 84.7 Å². The van der Waals surface area contributed by atoms with Crippen LogP contribution in [0.3, 0.4) is 0 Å². The molecule has 0 aliphatic carbocycles. The predicted molar refractivity (Wildman–Crippen MR) is 81.0 cm³/mol. The molecule has 1 rings (SSSR count). The molecule has 1 aromatic rings. The van der Waals surface area contributed by atoms with Gasteiger partial charge in [0.05, 0.1) is 6.61 Å². The van der Waals surface area contributed by atoms with Gasteiger partial charge in [-0.2, -0.15) is 0 Å². The van der Waals surface area contributed by atoms with Crippen molar-refractivity contribution in [3.63, 3.8) is 0 Å². The molecule has 116 valence electrons. The van der Waals surface area contributed by atoms with E-state index in [1.165, 1.54) is 12.0 Å². The maximum Gasteiger partial charge on any atom is 0.253 e. The average molecular weight is 293 g/mol. The molecular formula is C15H23N3O3. The van der Waals surface area contributed by atoms with Crippen molar-refractivity contribution < 1.29 is 14.3 Å². The zero-order chi connectivity index (χ0) is 15.8. The third-order valence-corrected chi connectivity index (χ3v) is 2.98. The predicted octanol–water partition coefficient (Wildman–Crippen LogP) is 0.0208. The van der Waals surface area contributed by atoms with Crippen LogP contribution in [-0.2, 0) is 16.0 Å². The summed E-state index contributed by atoms with van der Waals surface area (Å²) in [6.45, 7) is 0.661. The second-order valence-electron chi connectivity index (χ2n) is 5.00. The molecule has 0 aromatic heterocycles. The van der Waals surface area contributed by atoms with Crippen molar-refractivity contribution >= 4 is 11.8 Å². The molecule has 1 aromatic carbocycles. The Morgan fingerprint density at radius 2 is 2.10 bits per heavy atom. The van der Waals surface area contributed by atoms with Crippen molar-refractivity contribution in [2.24, 2.45) is 5.73 Å². The van der Waals surface area contributed by atoms with E-state index in [2.05, 4.69) is 5.32 Å². The maximum absolute atomic E-state index is 11.9. The van der Waals surface area contributed by atoms with Gasteiger partial charge in [0.2, 0.25) is 5.91 Å². The van der Waals surface area contributed by atoms with E-state index in [0.717, 1.165) is 5.56 Å². The van der Waals surface area contributed by atoms with Gasteiger partial charge >= 0.3 is 0 Å². The highest BCUT2D eigenvalue weighted by molar-refractivity contribution is 5.94. The van der Waals surface area contributed by atoms with Crippen molar-refractivity contribution in [3.05, 3.63) is 35.4 Å². The van der Waals surface area contributed by atoms with Crippen LogP contribution in [0.1, 0.15) is 15.9 Å². The van der Waals surface area contributed by atoms with Crippen LogP contribution < -0.4 is 11.1 Å². The molecule has 1 unspecified atom stereocenters. The maximum atomic E-state index is 11.9. The summed E-state index contributed by atoms with van der Waals surface area (Å²) in [6, 6.07) is 6.72. The summed E-state index contributed by atoms with van der Waals surface area (Å²) in [7, 11) is 4.93. The quantitative estimate of drug-likeness (QED) is 0.742. The van der Waals surface area contributed by atoms with E-state index in [0.29, 0.717) is 18.5 Å². The van der Waals surface area contributed by atoms with Crippen LogP contribution in [0.5, 0.6) is 0 Å². The minimum atomic E-state index is -0.656. The van der Waals surface area contributed by atoms with E-state index in [1.807, 2.05) is 18.2 Å². The number of nitrogens with zero attached hydrogens (tertiary/aromatic N) is 1. The number of carbonyl (C=O) groups is 2. The summed E-state index contributed by atoms with van der Waals surface area (Å²) in [5.74, 6) is -0.277. The van der Waals surface area contributed by atoms with Crippen LogP contribution in [0.4, 0.5) is 0 Å². The van der Waals surface area contributed by atoms with Gasteiger partial charge in [0.1, 0.15) is 6.04 Å². The van der Waals surface area contributed by atoms with E-state index >= 15 is 0 Å². The number of rotatable bonds is 7. The van der Waals surface area contributed by atoms with Gasteiger partial charge in [-0.25, -0.2) is 0 Å².